The van der Waals surface area contributed by atoms with Gasteiger partial charge in [0.15, 0.2) is 11.5 Å². The van der Waals surface area contributed by atoms with Gasteiger partial charge in [-0.05, 0) is 24.3 Å². The number of hydrogen-bond donors (Lipinski definition) is 2. The summed E-state index contributed by atoms with van der Waals surface area (Å²) in [6.45, 7) is 0. The van der Waals surface area contributed by atoms with Crippen LogP contribution in [-0.4, -0.2) is 51.0 Å². The minimum Gasteiger partial charge on any atom is -0.401 e. The maximum atomic E-state index is 12.3. The molecule has 10 heteroatoms. The highest BCUT2D eigenvalue weighted by molar-refractivity contribution is 6.03. The van der Waals surface area contributed by atoms with Crippen molar-refractivity contribution in [2.24, 2.45) is 0 Å². The van der Waals surface area contributed by atoms with Crippen molar-refractivity contribution in [2.75, 3.05) is 25.1 Å². The van der Waals surface area contributed by atoms with E-state index in [0.717, 1.165) is 5.56 Å². The molecule has 0 spiro atoms. The first-order valence-corrected chi connectivity index (χ1v) is 9.57. The molecule has 0 saturated carbocycles. The molecular formula is C22H23N7O3. The van der Waals surface area contributed by atoms with Crippen molar-refractivity contribution in [2.45, 2.75) is 0 Å². The molecule has 0 atom stereocenters. The van der Waals surface area contributed by atoms with E-state index < -0.39 is 0 Å². The van der Waals surface area contributed by atoms with Gasteiger partial charge in [-0.15, -0.1) is 5.10 Å². The van der Waals surface area contributed by atoms with E-state index in [1.807, 2.05) is 6.07 Å². The molecule has 32 heavy (non-hydrogen) atoms. The Balaban J connectivity index is 0.00000204. The van der Waals surface area contributed by atoms with E-state index in [2.05, 4.69) is 25.5 Å². The molecule has 0 radical (unpaired) electrons. The number of nitrogens with one attached hydrogen (secondary N) is 1. The topological polar surface area (TPSA) is 140 Å². The Morgan fingerprint density at radius 2 is 1.72 bits per heavy atom. The first-order chi connectivity index (χ1) is 15.4. The third-order valence-corrected chi connectivity index (χ3v) is 4.52. The minimum absolute atomic E-state index is 0. The molecule has 164 valence electrons. The average Bonchev–Trinajstić information content (AvgIpc) is 3.27. The maximum absolute atomic E-state index is 12.3. The van der Waals surface area contributed by atoms with Gasteiger partial charge in [-0.3, -0.25) is 14.9 Å². The summed E-state index contributed by atoms with van der Waals surface area (Å²) in [5.41, 5.74) is 8.38. The molecule has 0 unspecified atom stereocenters. The molecule has 4 aromatic rings. The van der Waals surface area contributed by atoms with Crippen LogP contribution in [0.2, 0.25) is 0 Å². The van der Waals surface area contributed by atoms with Gasteiger partial charge in [0.1, 0.15) is 0 Å². The van der Waals surface area contributed by atoms with Crippen molar-refractivity contribution in [1.29, 1.82) is 0 Å². The molecule has 0 aliphatic rings. The Kier molecular flexibility index (Phi) is 5.58. The second kappa shape index (κ2) is 8.64. The third kappa shape index (κ3) is 4.29. The summed E-state index contributed by atoms with van der Waals surface area (Å²) in [5, 5.41) is 10.3. The normalized spacial score (nSPS) is 10.6. The van der Waals surface area contributed by atoms with Gasteiger partial charge in [0, 0.05) is 33.6 Å². The van der Waals surface area contributed by atoms with Crippen LogP contribution in [0.3, 0.4) is 0 Å². The summed E-state index contributed by atoms with van der Waals surface area (Å²) in [4.78, 5) is 34.5. The fraction of sp³-hybridized carbons (Fsp3) is 0.0909. The van der Waals surface area contributed by atoms with Gasteiger partial charge in [0.2, 0.25) is 0 Å². The minimum atomic E-state index is -0.388. The summed E-state index contributed by atoms with van der Waals surface area (Å²) in [7, 11) is 3.38. The number of carbonyl (C=O) groups excluding carboxylic acids is 2. The van der Waals surface area contributed by atoms with Gasteiger partial charge in [0.05, 0.1) is 11.9 Å². The van der Waals surface area contributed by atoms with Crippen molar-refractivity contribution in [3.05, 3.63) is 71.9 Å². The zero-order valence-corrected chi connectivity index (χ0v) is 17.3. The molecule has 4 rings (SSSR count). The molecule has 2 heterocycles. The van der Waals surface area contributed by atoms with Crippen molar-refractivity contribution in [3.63, 3.8) is 0 Å². The molecule has 0 aliphatic carbocycles. The lowest BCUT2D eigenvalue weighted by molar-refractivity contribution is 0.0827. The van der Waals surface area contributed by atoms with Crippen LogP contribution in [0.25, 0.3) is 22.8 Å². The highest BCUT2D eigenvalue weighted by Crippen LogP contribution is 2.26. The SMILES string of the molecule is CN(C)C(=O)c1ccc(-c2cnc(N)c(-c3nnc(NC(=O)c4ccccc4)o3)n2)cc1.[HH].[HH]. The summed E-state index contributed by atoms with van der Waals surface area (Å²) in [6, 6.07) is 15.5. The van der Waals surface area contributed by atoms with Crippen LogP contribution in [0.4, 0.5) is 11.8 Å². The Hall–Kier alpha value is -4.60. The Bertz CT molecular complexity index is 1280. The summed E-state index contributed by atoms with van der Waals surface area (Å²) >= 11 is 0. The molecule has 0 saturated heterocycles. The second-order valence-electron chi connectivity index (χ2n) is 7.00. The van der Waals surface area contributed by atoms with E-state index >= 15 is 0 Å². The number of amides is 2. The van der Waals surface area contributed by atoms with Crippen LogP contribution < -0.4 is 11.1 Å². The summed E-state index contributed by atoms with van der Waals surface area (Å²) < 4.78 is 5.52. The van der Waals surface area contributed by atoms with Crippen LogP contribution in [0.1, 0.15) is 23.6 Å². The monoisotopic (exact) mass is 433 g/mol. The number of carbonyl (C=O) groups is 2. The predicted molar refractivity (Wildman–Crippen MR) is 122 cm³/mol. The van der Waals surface area contributed by atoms with E-state index in [1.165, 1.54) is 11.1 Å². The van der Waals surface area contributed by atoms with Crippen LogP contribution in [0.15, 0.2) is 65.2 Å². The molecule has 2 aromatic heterocycles. The number of benzene rings is 2. The Labute approximate surface area is 186 Å². The number of nitrogen functional groups attached to an aromatic ring is 1. The number of nitrogens with two attached hydrogens (primary N) is 1. The van der Waals surface area contributed by atoms with E-state index in [9.17, 15) is 9.59 Å². The van der Waals surface area contributed by atoms with Crippen molar-refractivity contribution in [1.82, 2.24) is 25.1 Å². The van der Waals surface area contributed by atoms with Crippen LogP contribution >= 0.6 is 0 Å². The number of anilines is 2. The van der Waals surface area contributed by atoms with Crippen molar-refractivity contribution >= 4 is 23.6 Å². The summed E-state index contributed by atoms with van der Waals surface area (Å²) in [5.74, 6) is -0.380. The van der Waals surface area contributed by atoms with Gasteiger partial charge in [-0.2, -0.15) is 0 Å². The van der Waals surface area contributed by atoms with E-state index in [0.29, 0.717) is 16.8 Å². The van der Waals surface area contributed by atoms with Crippen LogP contribution in [0, 0.1) is 0 Å². The lowest BCUT2D eigenvalue weighted by Gasteiger charge is -2.10. The van der Waals surface area contributed by atoms with Gasteiger partial charge in [-0.1, -0.05) is 35.4 Å². The predicted octanol–water partition coefficient (Wildman–Crippen LogP) is 3.22. The zero-order valence-electron chi connectivity index (χ0n) is 17.3. The number of rotatable bonds is 5. The quantitative estimate of drug-likeness (QED) is 0.489. The maximum Gasteiger partial charge on any atom is 0.322 e. The molecule has 3 N–H and O–H groups in total. The van der Waals surface area contributed by atoms with Crippen molar-refractivity contribution < 1.29 is 16.9 Å². The van der Waals surface area contributed by atoms with Gasteiger partial charge in [0.25, 0.3) is 17.7 Å². The highest BCUT2D eigenvalue weighted by Gasteiger charge is 2.18. The molecule has 0 fully saturated rings. The Morgan fingerprint density at radius 3 is 2.41 bits per heavy atom. The lowest BCUT2D eigenvalue weighted by atomic mass is 10.1. The first kappa shape index (κ1) is 20.7. The molecular weight excluding hydrogens is 410 g/mol. The van der Waals surface area contributed by atoms with E-state index in [1.54, 1.807) is 62.6 Å². The molecule has 0 aliphatic heterocycles. The zero-order chi connectivity index (χ0) is 22.7. The van der Waals surface area contributed by atoms with E-state index in [-0.39, 0.29) is 38.1 Å². The average molecular weight is 433 g/mol. The van der Waals surface area contributed by atoms with Gasteiger partial charge < -0.3 is 15.1 Å². The lowest BCUT2D eigenvalue weighted by Crippen LogP contribution is -2.21. The van der Waals surface area contributed by atoms with Crippen molar-refractivity contribution in [3.8, 4) is 22.8 Å². The summed E-state index contributed by atoms with van der Waals surface area (Å²) in [6.07, 6.45) is 1.51. The van der Waals surface area contributed by atoms with Crippen LogP contribution in [-0.2, 0) is 0 Å². The number of hydrogen-bond acceptors (Lipinski definition) is 8. The van der Waals surface area contributed by atoms with Crippen LogP contribution in [0.5, 0.6) is 0 Å². The standard InChI is InChI=1S/C22H19N7O3.2H2/c1-29(2)21(31)15-10-8-13(9-11-15)16-12-24-18(23)17(25-16)20-27-28-22(32-20)26-19(30)14-6-4-3-5-7-14;;/h3-12H,1-2H3,(H2,23,24)(H,26,28,30);2*1H. The smallest absolute Gasteiger partial charge is 0.322 e. The third-order valence-electron chi connectivity index (χ3n) is 4.52. The highest BCUT2D eigenvalue weighted by atomic mass is 16.4. The largest absolute Gasteiger partial charge is 0.401 e. The van der Waals surface area contributed by atoms with Gasteiger partial charge >= 0.3 is 6.01 Å². The Morgan fingerprint density at radius 1 is 1.00 bits per heavy atom. The fourth-order valence-electron chi connectivity index (χ4n) is 2.86. The molecule has 10 nitrogen and oxygen atoms in total. The molecule has 2 amide bonds. The molecule has 0 bridgehead atoms. The number of aromatic nitrogens is 4. The number of nitrogens with zero attached hydrogens (tertiary/aromatic N) is 5. The first-order valence-electron chi connectivity index (χ1n) is 9.57. The second-order valence-corrected chi connectivity index (χ2v) is 7.00. The van der Waals surface area contributed by atoms with E-state index in [4.69, 9.17) is 10.2 Å². The van der Waals surface area contributed by atoms with Gasteiger partial charge in [-0.25, -0.2) is 9.97 Å². The fourth-order valence-corrected chi connectivity index (χ4v) is 2.86. The molecule has 2 aromatic carbocycles.